The summed E-state index contributed by atoms with van der Waals surface area (Å²) >= 11 is 0. The number of aromatic nitrogens is 4. The van der Waals surface area contributed by atoms with Gasteiger partial charge >= 0.3 is 0 Å². The highest BCUT2D eigenvalue weighted by Crippen LogP contribution is 2.30. The number of fused-ring (bicyclic) bond motifs is 2. The van der Waals surface area contributed by atoms with Gasteiger partial charge in [0.1, 0.15) is 17.3 Å². The molecule has 2 N–H and O–H groups in total. The summed E-state index contributed by atoms with van der Waals surface area (Å²) < 4.78 is 12.8. The van der Waals surface area contributed by atoms with E-state index in [0.717, 1.165) is 65.2 Å². The Morgan fingerprint density at radius 2 is 1.97 bits per heavy atom. The van der Waals surface area contributed by atoms with Gasteiger partial charge in [-0.1, -0.05) is 12.1 Å². The number of methoxy groups -OCH3 is 2. The summed E-state index contributed by atoms with van der Waals surface area (Å²) in [5.41, 5.74) is 3.68. The Hall–Kier alpha value is -3.06. The first-order valence-electron chi connectivity index (χ1n) is 10.1. The smallest absolute Gasteiger partial charge is 0.154 e. The number of benzene rings is 1. The minimum atomic E-state index is 0.391. The van der Waals surface area contributed by atoms with Crippen molar-refractivity contribution < 1.29 is 9.47 Å². The molecule has 0 atom stereocenters. The second-order valence-corrected chi connectivity index (χ2v) is 7.59. The molecule has 0 spiro atoms. The molecule has 7 heteroatoms. The van der Waals surface area contributed by atoms with E-state index in [1.54, 1.807) is 14.2 Å². The summed E-state index contributed by atoms with van der Waals surface area (Å²) in [6.45, 7) is 0. The third-order valence-corrected chi connectivity index (χ3v) is 5.84. The SMILES string of the molecule is COc1cccc2cc(-c3cnc4ccc(N[C@H]5CC[C@H](OC)CC5)nn34)[nH]c12. The van der Waals surface area contributed by atoms with E-state index in [-0.39, 0.29) is 0 Å². The Morgan fingerprint density at radius 3 is 2.76 bits per heavy atom. The standard InChI is InChI=1S/C22H25N5O2/c1-28-16-8-6-15(7-9-16)24-20-10-11-21-23-13-18(27(21)26-20)17-12-14-4-3-5-19(29-2)22(14)25-17/h3-5,10-13,15-16,25H,6-9H2,1-2H3,(H,24,26)/t15-,16-. The van der Waals surface area contributed by atoms with Crippen LogP contribution in [0.4, 0.5) is 5.82 Å². The Labute approximate surface area is 169 Å². The molecule has 3 heterocycles. The molecule has 0 amide bonds. The number of hydrogen-bond donors (Lipinski definition) is 2. The van der Waals surface area contributed by atoms with Crippen LogP contribution >= 0.6 is 0 Å². The molecule has 1 aliphatic carbocycles. The molecule has 1 saturated carbocycles. The zero-order chi connectivity index (χ0) is 19.8. The maximum Gasteiger partial charge on any atom is 0.154 e. The summed E-state index contributed by atoms with van der Waals surface area (Å²) in [6.07, 6.45) is 6.61. The van der Waals surface area contributed by atoms with Crippen molar-refractivity contribution in [3.05, 3.63) is 42.6 Å². The molecule has 3 aromatic heterocycles. The van der Waals surface area contributed by atoms with E-state index >= 15 is 0 Å². The first-order valence-corrected chi connectivity index (χ1v) is 10.1. The maximum absolute atomic E-state index is 5.48. The van der Waals surface area contributed by atoms with E-state index in [9.17, 15) is 0 Å². The van der Waals surface area contributed by atoms with E-state index in [2.05, 4.69) is 27.4 Å². The van der Waals surface area contributed by atoms with Crippen molar-refractivity contribution in [3.8, 4) is 17.1 Å². The third kappa shape index (κ3) is 3.31. The molecule has 4 aromatic rings. The van der Waals surface area contributed by atoms with Crippen LogP contribution in [-0.2, 0) is 4.74 Å². The van der Waals surface area contributed by atoms with Crippen LogP contribution in [0.5, 0.6) is 5.75 Å². The molecule has 0 aliphatic heterocycles. The lowest BCUT2D eigenvalue weighted by Crippen LogP contribution is -2.29. The molecule has 0 radical (unpaired) electrons. The molecule has 1 aromatic carbocycles. The van der Waals surface area contributed by atoms with E-state index in [0.29, 0.717) is 12.1 Å². The topological polar surface area (TPSA) is 76.5 Å². The van der Waals surface area contributed by atoms with Gasteiger partial charge < -0.3 is 19.8 Å². The Bertz CT molecular complexity index is 1140. The molecule has 1 fully saturated rings. The fourth-order valence-corrected chi connectivity index (χ4v) is 4.22. The van der Waals surface area contributed by atoms with Crippen LogP contribution in [0.2, 0.25) is 0 Å². The van der Waals surface area contributed by atoms with Gasteiger partial charge in [0.15, 0.2) is 5.65 Å². The monoisotopic (exact) mass is 391 g/mol. The van der Waals surface area contributed by atoms with Crippen molar-refractivity contribution in [1.82, 2.24) is 19.6 Å². The fraction of sp³-hybridized carbons (Fsp3) is 0.364. The van der Waals surface area contributed by atoms with Crippen LogP contribution < -0.4 is 10.1 Å². The Morgan fingerprint density at radius 1 is 1.10 bits per heavy atom. The number of anilines is 1. The Balaban J connectivity index is 1.46. The minimum Gasteiger partial charge on any atom is -0.495 e. The molecule has 0 bridgehead atoms. The lowest BCUT2D eigenvalue weighted by Gasteiger charge is -2.28. The van der Waals surface area contributed by atoms with E-state index < -0.39 is 0 Å². The molecular weight excluding hydrogens is 366 g/mol. The summed E-state index contributed by atoms with van der Waals surface area (Å²) in [5, 5.41) is 9.50. The fourth-order valence-electron chi connectivity index (χ4n) is 4.22. The first kappa shape index (κ1) is 18.0. The third-order valence-electron chi connectivity index (χ3n) is 5.84. The molecular formula is C22H25N5O2. The predicted octanol–water partition coefficient (Wildman–Crippen LogP) is 4.26. The van der Waals surface area contributed by atoms with Gasteiger partial charge in [-0.05, 0) is 49.9 Å². The number of imidazole rings is 1. The maximum atomic E-state index is 5.48. The number of hydrogen-bond acceptors (Lipinski definition) is 5. The normalized spacial score (nSPS) is 19.7. The zero-order valence-corrected chi connectivity index (χ0v) is 16.7. The number of ether oxygens (including phenoxy) is 2. The van der Waals surface area contributed by atoms with Crippen LogP contribution in [0.15, 0.2) is 42.6 Å². The average molecular weight is 391 g/mol. The highest BCUT2D eigenvalue weighted by atomic mass is 16.5. The number of H-pyrrole nitrogens is 1. The summed E-state index contributed by atoms with van der Waals surface area (Å²) in [4.78, 5) is 7.98. The van der Waals surface area contributed by atoms with Gasteiger partial charge in [0.25, 0.3) is 0 Å². The van der Waals surface area contributed by atoms with Crippen LogP contribution in [-0.4, -0.2) is 45.9 Å². The van der Waals surface area contributed by atoms with Crippen LogP contribution in [0.1, 0.15) is 25.7 Å². The lowest BCUT2D eigenvalue weighted by atomic mass is 9.93. The number of para-hydroxylation sites is 1. The van der Waals surface area contributed by atoms with Gasteiger partial charge in [-0.2, -0.15) is 0 Å². The average Bonchev–Trinajstić information content (AvgIpc) is 3.37. The van der Waals surface area contributed by atoms with Crippen LogP contribution in [0.3, 0.4) is 0 Å². The highest BCUT2D eigenvalue weighted by Gasteiger charge is 2.21. The van der Waals surface area contributed by atoms with Crippen LogP contribution in [0.25, 0.3) is 27.9 Å². The number of aromatic amines is 1. The minimum absolute atomic E-state index is 0.391. The van der Waals surface area contributed by atoms with Crippen molar-refractivity contribution in [3.63, 3.8) is 0 Å². The van der Waals surface area contributed by atoms with Gasteiger partial charge in [0.05, 0.1) is 30.6 Å². The van der Waals surface area contributed by atoms with Crippen molar-refractivity contribution in [1.29, 1.82) is 0 Å². The van der Waals surface area contributed by atoms with E-state index in [1.165, 1.54) is 0 Å². The van der Waals surface area contributed by atoms with Crippen molar-refractivity contribution >= 4 is 22.4 Å². The van der Waals surface area contributed by atoms with Gasteiger partial charge in [0, 0.05) is 18.5 Å². The molecule has 0 saturated heterocycles. The van der Waals surface area contributed by atoms with Gasteiger partial charge in [0.2, 0.25) is 0 Å². The predicted molar refractivity (Wildman–Crippen MR) is 114 cm³/mol. The van der Waals surface area contributed by atoms with Crippen LogP contribution in [0, 0.1) is 0 Å². The Kier molecular flexibility index (Phi) is 4.60. The van der Waals surface area contributed by atoms with Crippen molar-refractivity contribution in [2.75, 3.05) is 19.5 Å². The highest BCUT2D eigenvalue weighted by molar-refractivity contribution is 5.90. The quantitative estimate of drug-likeness (QED) is 0.532. The summed E-state index contributed by atoms with van der Waals surface area (Å²) in [6, 6.07) is 12.6. The molecule has 150 valence electrons. The summed E-state index contributed by atoms with van der Waals surface area (Å²) in [5.74, 6) is 1.69. The van der Waals surface area contributed by atoms with Gasteiger partial charge in [-0.15, -0.1) is 5.10 Å². The zero-order valence-electron chi connectivity index (χ0n) is 16.7. The van der Waals surface area contributed by atoms with Gasteiger partial charge in [-0.3, -0.25) is 0 Å². The summed E-state index contributed by atoms with van der Waals surface area (Å²) in [7, 11) is 3.48. The molecule has 1 aliphatic rings. The van der Waals surface area contributed by atoms with Crippen molar-refractivity contribution in [2.45, 2.75) is 37.8 Å². The van der Waals surface area contributed by atoms with E-state index in [4.69, 9.17) is 14.6 Å². The molecule has 7 nitrogen and oxygen atoms in total. The molecule has 29 heavy (non-hydrogen) atoms. The van der Waals surface area contributed by atoms with Gasteiger partial charge in [-0.25, -0.2) is 9.50 Å². The molecule has 5 rings (SSSR count). The number of nitrogens with zero attached hydrogens (tertiary/aromatic N) is 3. The largest absolute Gasteiger partial charge is 0.495 e. The van der Waals surface area contributed by atoms with E-state index in [1.807, 2.05) is 35.0 Å². The number of nitrogens with one attached hydrogen (secondary N) is 2. The second-order valence-electron chi connectivity index (χ2n) is 7.59. The number of rotatable bonds is 5. The molecule has 0 unspecified atom stereocenters. The first-order chi connectivity index (χ1) is 14.2. The second kappa shape index (κ2) is 7.40. The van der Waals surface area contributed by atoms with Crippen molar-refractivity contribution in [2.24, 2.45) is 0 Å². The lowest BCUT2D eigenvalue weighted by molar-refractivity contribution is 0.0681.